The first-order valence-electron chi connectivity index (χ1n) is 5.79. The number of nitrogens with two attached hydrogens (primary N) is 1. The molecular weight excluding hydrogens is 236 g/mol. The maximum atomic E-state index is 5.98. The van der Waals surface area contributed by atoms with Crippen molar-refractivity contribution in [1.82, 2.24) is 4.90 Å². The quantitative estimate of drug-likeness (QED) is 0.848. The van der Waals surface area contributed by atoms with Crippen molar-refractivity contribution in [3.8, 4) is 5.75 Å². The highest BCUT2D eigenvalue weighted by Crippen LogP contribution is 2.23. The minimum Gasteiger partial charge on any atom is -0.496 e. The Balaban J connectivity index is 2.58. The largest absolute Gasteiger partial charge is 0.496 e. The van der Waals surface area contributed by atoms with Gasteiger partial charge in [-0.1, -0.05) is 11.6 Å². The Labute approximate surface area is 109 Å². The number of hydrogen-bond donors (Lipinski definition) is 1. The molecule has 4 heteroatoms. The average Bonchev–Trinajstić information content (AvgIpc) is 2.25. The first-order valence-corrected chi connectivity index (χ1v) is 6.17. The second kappa shape index (κ2) is 6.84. The van der Waals surface area contributed by atoms with Crippen LogP contribution in [0.15, 0.2) is 18.2 Å². The monoisotopic (exact) mass is 256 g/mol. The summed E-state index contributed by atoms with van der Waals surface area (Å²) in [5.74, 6) is 0.892. The summed E-state index contributed by atoms with van der Waals surface area (Å²) in [5, 5.41) is 0.746. The molecule has 0 spiro atoms. The van der Waals surface area contributed by atoms with Crippen molar-refractivity contribution in [3.63, 3.8) is 0 Å². The molecule has 0 amide bonds. The summed E-state index contributed by atoms with van der Waals surface area (Å²) >= 11 is 5.98. The average molecular weight is 257 g/mol. The fourth-order valence-corrected chi connectivity index (χ4v) is 2.03. The molecule has 1 rings (SSSR count). The van der Waals surface area contributed by atoms with Crippen molar-refractivity contribution in [1.29, 1.82) is 0 Å². The van der Waals surface area contributed by atoms with Gasteiger partial charge in [0.2, 0.25) is 0 Å². The molecule has 0 bridgehead atoms. The second-order valence-electron chi connectivity index (χ2n) is 4.45. The van der Waals surface area contributed by atoms with Crippen molar-refractivity contribution in [2.24, 2.45) is 5.73 Å². The highest BCUT2D eigenvalue weighted by molar-refractivity contribution is 6.30. The van der Waals surface area contributed by atoms with E-state index in [0.29, 0.717) is 0 Å². The third kappa shape index (κ3) is 4.94. The summed E-state index contributed by atoms with van der Waals surface area (Å²) < 4.78 is 5.31. The molecule has 0 radical (unpaired) electrons. The molecule has 3 nitrogen and oxygen atoms in total. The summed E-state index contributed by atoms with van der Waals surface area (Å²) in [7, 11) is 3.75. The molecule has 0 aliphatic carbocycles. The number of nitrogens with zero attached hydrogens (tertiary/aromatic N) is 1. The highest BCUT2D eigenvalue weighted by atomic mass is 35.5. The molecule has 0 aliphatic rings. The first kappa shape index (κ1) is 14.3. The van der Waals surface area contributed by atoms with Gasteiger partial charge < -0.3 is 15.4 Å². The zero-order chi connectivity index (χ0) is 12.8. The number of methoxy groups -OCH3 is 1. The normalized spacial score (nSPS) is 12.8. The lowest BCUT2D eigenvalue weighted by Gasteiger charge is -2.19. The predicted octanol–water partition coefficient (Wildman–Crippen LogP) is 2.17. The number of rotatable bonds is 6. The van der Waals surface area contributed by atoms with Gasteiger partial charge in [0, 0.05) is 24.2 Å². The minimum absolute atomic E-state index is 0.196. The van der Waals surface area contributed by atoms with Gasteiger partial charge in [0.25, 0.3) is 0 Å². The van der Waals surface area contributed by atoms with Gasteiger partial charge in [-0.2, -0.15) is 0 Å². The fourth-order valence-electron chi connectivity index (χ4n) is 1.84. The van der Waals surface area contributed by atoms with E-state index in [4.69, 9.17) is 22.1 Å². The summed E-state index contributed by atoms with van der Waals surface area (Å²) in [6.45, 7) is 3.84. The molecule has 0 aromatic heterocycles. The van der Waals surface area contributed by atoms with Crippen molar-refractivity contribution in [2.75, 3.05) is 27.2 Å². The van der Waals surface area contributed by atoms with E-state index in [-0.39, 0.29) is 6.04 Å². The number of ether oxygens (including phenoxy) is 1. The topological polar surface area (TPSA) is 38.5 Å². The van der Waals surface area contributed by atoms with Gasteiger partial charge in [0.1, 0.15) is 5.75 Å². The molecule has 1 aromatic rings. The van der Waals surface area contributed by atoms with Crippen molar-refractivity contribution in [2.45, 2.75) is 19.4 Å². The highest BCUT2D eigenvalue weighted by Gasteiger charge is 2.06. The molecule has 0 aliphatic heterocycles. The molecular formula is C13H21ClN2O. The van der Waals surface area contributed by atoms with Crippen LogP contribution < -0.4 is 10.5 Å². The van der Waals surface area contributed by atoms with E-state index in [2.05, 4.69) is 11.9 Å². The van der Waals surface area contributed by atoms with Crippen LogP contribution >= 0.6 is 11.6 Å². The third-order valence-corrected chi connectivity index (χ3v) is 2.84. The Kier molecular flexibility index (Phi) is 5.75. The number of hydrogen-bond acceptors (Lipinski definition) is 3. The molecule has 0 saturated carbocycles. The van der Waals surface area contributed by atoms with Crippen molar-refractivity contribution >= 4 is 11.6 Å². The van der Waals surface area contributed by atoms with Crippen LogP contribution in [0.4, 0.5) is 0 Å². The van der Waals surface area contributed by atoms with Crippen LogP contribution in [0.25, 0.3) is 0 Å². The van der Waals surface area contributed by atoms with Gasteiger partial charge in [0.05, 0.1) is 7.11 Å². The van der Waals surface area contributed by atoms with Crippen LogP contribution in [0.1, 0.15) is 12.5 Å². The lowest BCUT2D eigenvalue weighted by Crippen LogP contribution is -2.34. The van der Waals surface area contributed by atoms with E-state index >= 15 is 0 Å². The van der Waals surface area contributed by atoms with E-state index in [0.717, 1.165) is 35.8 Å². The molecule has 0 heterocycles. The smallest absolute Gasteiger partial charge is 0.122 e. The SMILES string of the molecule is COc1ccc(Cl)cc1CCN(C)CC(C)N. The lowest BCUT2D eigenvalue weighted by atomic mass is 10.1. The van der Waals surface area contributed by atoms with Gasteiger partial charge in [-0.25, -0.2) is 0 Å². The Bertz CT molecular complexity index is 355. The van der Waals surface area contributed by atoms with Gasteiger partial charge >= 0.3 is 0 Å². The molecule has 1 aromatic carbocycles. The van der Waals surface area contributed by atoms with Crippen LogP contribution in [0.2, 0.25) is 5.02 Å². The minimum atomic E-state index is 0.196. The van der Waals surface area contributed by atoms with Crippen LogP contribution in [0.5, 0.6) is 5.75 Å². The number of halogens is 1. The van der Waals surface area contributed by atoms with Crippen molar-refractivity contribution in [3.05, 3.63) is 28.8 Å². The molecule has 0 fully saturated rings. The fraction of sp³-hybridized carbons (Fsp3) is 0.538. The van der Waals surface area contributed by atoms with Gasteiger partial charge in [0.15, 0.2) is 0 Å². The number of likely N-dealkylation sites (N-methyl/N-ethyl adjacent to an activating group) is 1. The Morgan fingerprint density at radius 3 is 2.76 bits per heavy atom. The van der Waals surface area contributed by atoms with E-state index in [1.54, 1.807) is 7.11 Å². The summed E-state index contributed by atoms with van der Waals surface area (Å²) in [6, 6.07) is 5.90. The van der Waals surface area contributed by atoms with Gasteiger partial charge in [-0.05, 0) is 44.2 Å². The molecule has 96 valence electrons. The van der Waals surface area contributed by atoms with Crippen LogP contribution in [0, 0.1) is 0 Å². The maximum Gasteiger partial charge on any atom is 0.122 e. The zero-order valence-electron chi connectivity index (χ0n) is 10.7. The Hall–Kier alpha value is -0.770. The number of benzene rings is 1. The Morgan fingerprint density at radius 1 is 1.47 bits per heavy atom. The molecule has 0 saturated heterocycles. The standard InChI is InChI=1S/C13H21ClN2O/c1-10(15)9-16(2)7-6-11-8-12(14)4-5-13(11)17-3/h4-5,8,10H,6-7,9,15H2,1-3H3. The maximum absolute atomic E-state index is 5.98. The van der Waals surface area contributed by atoms with E-state index < -0.39 is 0 Å². The summed E-state index contributed by atoms with van der Waals surface area (Å²) in [6.07, 6.45) is 0.910. The zero-order valence-corrected chi connectivity index (χ0v) is 11.5. The van der Waals surface area contributed by atoms with Gasteiger partial charge in [-0.15, -0.1) is 0 Å². The third-order valence-electron chi connectivity index (χ3n) is 2.60. The predicted molar refractivity (Wildman–Crippen MR) is 72.9 cm³/mol. The van der Waals surface area contributed by atoms with E-state index in [9.17, 15) is 0 Å². The summed E-state index contributed by atoms with van der Waals surface area (Å²) in [4.78, 5) is 2.21. The van der Waals surface area contributed by atoms with Crippen molar-refractivity contribution < 1.29 is 4.74 Å². The van der Waals surface area contributed by atoms with Crippen LogP contribution in [-0.4, -0.2) is 38.2 Å². The second-order valence-corrected chi connectivity index (χ2v) is 4.88. The summed E-state index contributed by atoms with van der Waals surface area (Å²) in [5.41, 5.74) is 6.89. The van der Waals surface area contributed by atoms with Gasteiger partial charge in [-0.3, -0.25) is 0 Å². The Morgan fingerprint density at radius 2 is 2.18 bits per heavy atom. The molecule has 1 atom stereocenters. The van der Waals surface area contributed by atoms with Crippen LogP contribution in [-0.2, 0) is 6.42 Å². The molecule has 2 N–H and O–H groups in total. The van der Waals surface area contributed by atoms with E-state index in [1.165, 1.54) is 0 Å². The molecule has 1 unspecified atom stereocenters. The first-order chi connectivity index (χ1) is 8.02. The van der Waals surface area contributed by atoms with Crippen LogP contribution in [0.3, 0.4) is 0 Å². The molecule has 17 heavy (non-hydrogen) atoms. The van der Waals surface area contributed by atoms with E-state index in [1.807, 2.05) is 25.1 Å². The lowest BCUT2D eigenvalue weighted by molar-refractivity contribution is 0.318.